The SMILES string of the molecule is CSc1ccccc1C(=O)N(Cc1ccco1)c1nc2cc(C)cc(C)c2s1. The molecule has 0 aliphatic rings. The lowest BCUT2D eigenvalue weighted by Gasteiger charge is -2.20. The van der Waals surface area contributed by atoms with Crippen LogP contribution < -0.4 is 4.90 Å². The van der Waals surface area contributed by atoms with Gasteiger partial charge in [0.25, 0.3) is 5.91 Å². The number of carbonyl (C=O) groups is 1. The average Bonchev–Trinajstić information content (AvgIpc) is 3.35. The lowest BCUT2D eigenvalue weighted by Crippen LogP contribution is -2.30. The number of fused-ring (bicyclic) bond motifs is 1. The molecule has 0 spiro atoms. The van der Waals surface area contributed by atoms with Gasteiger partial charge < -0.3 is 4.42 Å². The van der Waals surface area contributed by atoms with Crippen molar-refractivity contribution in [1.82, 2.24) is 4.98 Å². The number of benzene rings is 2. The van der Waals surface area contributed by atoms with Crippen molar-refractivity contribution < 1.29 is 9.21 Å². The number of furan rings is 1. The molecule has 0 radical (unpaired) electrons. The largest absolute Gasteiger partial charge is 0.467 e. The number of anilines is 1. The van der Waals surface area contributed by atoms with E-state index >= 15 is 0 Å². The monoisotopic (exact) mass is 408 g/mol. The van der Waals surface area contributed by atoms with Crippen molar-refractivity contribution >= 4 is 44.4 Å². The summed E-state index contributed by atoms with van der Waals surface area (Å²) in [6.07, 6.45) is 3.60. The molecular weight excluding hydrogens is 388 g/mol. The fraction of sp³-hybridized carbons (Fsp3) is 0.182. The Morgan fingerprint density at radius 1 is 1.18 bits per heavy atom. The molecule has 0 unspecified atom stereocenters. The van der Waals surface area contributed by atoms with Crippen LogP contribution in [0.25, 0.3) is 10.2 Å². The molecule has 0 fully saturated rings. The summed E-state index contributed by atoms with van der Waals surface area (Å²) in [5.41, 5.74) is 3.94. The molecule has 0 aliphatic heterocycles. The second-order valence-corrected chi connectivity index (χ2v) is 8.42. The van der Waals surface area contributed by atoms with Crippen molar-refractivity contribution in [3.05, 3.63) is 77.2 Å². The molecule has 4 nitrogen and oxygen atoms in total. The summed E-state index contributed by atoms with van der Waals surface area (Å²) >= 11 is 3.11. The van der Waals surface area contributed by atoms with Crippen LogP contribution in [0.5, 0.6) is 0 Å². The summed E-state index contributed by atoms with van der Waals surface area (Å²) in [5.74, 6) is 0.650. The third kappa shape index (κ3) is 3.57. The van der Waals surface area contributed by atoms with Gasteiger partial charge in [-0.1, -0.05) is 29.5 Å². The maximum absolute atomic E-state index is 13.5. The van der Waals surface area contributed by atoms with Crippen molar-refractivity contribution in [2.75, 3.05) is 11.2 Å². The smallest absolute Gasteiger partial charge is 0.261 e. The molecule has 0 bridgehead atoms. The second kappa shape index (κ2) is 7.81. The summed E-state index contributed by atoms with van der Waals surface area (Å²) in [7, 11) is 0. The van der Waals surface area contributed by atoms with Crippen LogP contribution in [0, 0.1) is 13.8 Å². The molecule has 2 aromatic heterocycles. The van der Waals surface area contributed by atoms with E-state index in [1.54, 1.807) is 34.3 Å². The number of aromatic nitrogens is 1. The number of hydrogen-bond donors (Lipinski definition) is 0. The van der Waals surface area contributed by atoms with E-state index in [9.17, 15) is 4.79 Å². The standard InChI is InChI=1S/C22H20N2O2S2/c1-14-11-15(2)20-18(12-14)23-22(28-20)24(13-16-7-6-10-26-16)21(25)17-8-4-5-9-19(17)27-3/h4-12H,13H2,1-3H3. The number of thioether (sulfide) groups is 1. The average molecular weight is 409 g/mol. The van der Waals surface area contributed by atoms with Crippen molar-refractivity contribution in [3.8, 4) is 0 Å². The van der Waals surface area contributed by atoms with Crippen LogP contribution >= 0.6 is 23.1 Å². The minimum absolute atomic E-state index is 0.0743. The molecular formula is C22H20N2O2S2. The number of hydrogen-bond acceptors (Lipinski definition) is 5. The number of rotatable bonds is 5. The Kier molecular flexibility index (Phi) is 5.24. The molecule has 0 saturated heterocycles. The van der Waals surface area contributed by atoms with Crippen LogP contribution in [0.15, 0.2) is 64.1 Å². The summed E-state index contributed by atoms with van der Waals surface area (Å²) < 4.78 is 6.63. The highest BCUT2D eigenvalue weighted by Gasteiger charge is 2.24. The Hall–Kier alpha value is -2.57. The van der Waals surface area contributed by atoms with Crippen molar-refractivity contribution in [3.63, 3.8) is 0 Å². The molecule has 0 aliphatic carbocycles. The zero-order valence-corrected chi connectivity index (χ0v) is 17.6. The highest BCUT2D eigenvalue weighted by Crippen LogP contribution is 2.34. The first-order valence-electron chi connectivity index (χ1n) is 8.92. The number of carbonyl (C=O) groups excluding carboxylic acids is 1. The van der Waals surface area contributed by atoms with Crippen LogP contribution in [-0.4, -0.2) is 17.1 Å². The van der Waals surface area contributed by atoms with E-state index in [0.29, 0.717) is 17.2 Å². The summed E-state index contributed by atoms with van der Waals surface area (Å²) in [4.78, 5) is 21.0. The van der Waals surface area contributed by atoms with Crippen molar-refractivity contribution in [2.45, 2.75) is 25.3 Å². The van der Waals surface area contributed by atoms with Gasteiger partial charge in [-0.3, -0.25) is 9.69 Å². The molecule has 1 amide bonds. The van der Waals surface area contributed by atoms with Gasteiger partial charge in [-0.05, 0) is 61.6 Å². The lowest BCUT2D eigenvalue weighted by atomic mass is 10.1. The molecule has 2 heterocycles. The van der Waals surface area contributed by atoms with E-state index < -0.39 is 0 Å². The summed E-state index contributed by atoms with van der Waals surface area (Å²) in [6.45, 7) is 4.48. The predicted molar refractivity (Wildman–Crippen MR) is 117 cm³/mol. The Balaban J connectivity index is 1.82. The Bertz CT molecular complexity index is 1130. The molecule has 6 heteroatoms. The van der Waals surface area contributed by atoms with E-state index in [1.165, 1.54) is 11.1 Å². The normalized spacial score (nSPS) is 11.1. The first kappa shape index (κ1) is 18.8. The number of nitrogens with zero attached hydrogens (tertiary/aromatic N) is 2. The molecule has 2 aromatic carbocycles. The number of thiazole rings is 1. The predicted octanol–water partition coefficient (Wildman–Crippen LogP) is 6.08. The van der Waals surface area contributed by atoms with E-state index in [2.05, 4.69) is 26.0 Å². The second-order valence-electron chi connectivity index (χ2n) is 6.60. The summed E-state index contributed by atoms with van der Waals surface area (Å²) in [5, 5.41) is 0.681. The summed E-state index contributed by atoms with van der Waals surface area (Å²) in [6, 6.07) is 15.6. The van der Waals surface area contributed by atoms with Gasteiger partial charge in [-0.15, -0.1) is 11.8 Å². The zero-order valence-electron chi connectivity index (χ0n) is 15.9. The maximum Gasteiger partial charge on any atom is 0.261 e. The van der Waals surface area contributed by atoms with Crippen LogP contribution in [0.3, 0.4) is 0 Å². The minimum Gasteiger partial charge on any atom is -0.467 e. The van der Waals surface area contributed by atoms with Gasteiger partial charge in [0.05, 0.1) is 28.6 Å². The van der Waals surface area contributed by atoms with Crippen LogP contribution in [-0.2, 0) is 6.54 Å². The quantitative estimate of drug-likeness (QED) is 0.376. The van der Waals surface area contributed by atoms with Crippen LogP contribution in [0.1, 0.15) is 27.2 Å². The Labute approximate surface area is 172 Å². The highest BCUT2D eigenvalue weighted by molar-refractivity contribution is 7.98. The molecule has 0 N–H and O–H groups in total. The minimum atomic E-state index is -0.0743. The van der Waals surface area contributed by atoms with Gasteiger partial charge >= 0.3 is 0 Å². The van der Waals surface area contributed by atoms with Gasteiger partial charge in [0, 0.05) is 4.90 Å². The first-order chi connectivity index (χ1) is 13.6. The highest BCUT2D eigenvalue weighted by atomic mass is 32.2. The fourth-order valence-electron chi connectivity index (χ4n) is 3.23. The van der Waals surface area contributed by atoms with Crippen molar-refractivity contribution in [2.24, 2.45) is 0 Å². The van der Waals surface area contributed by atoms with Crippen LogP contribution in [0.2, 0.25) is 0 Å². The van der Waals surface area contributed by atoms with E-state index in [0.717, 1.165) is 20.9 Å². The fourth-order valence-corrected chi connectivity index (χ4v) is 4.83. The van der Waals surface area contributed by atoms with Gasteiger partial charge in [0.15, 0.2) is 5.13 Å². The zero-order chi connectivity index (χ0) is 19.7. The van der Waals surface area contributed by atoms with Crippen molar-refractivity contribution in [1.29, 1.82) is 0 Å². The molecule has 28 heavy (non-hydrogen) atoms. The lowest BCUT2D eigenvalue weighted by molar-refractivity contribution is 0.0980. The van der Waals surface area contributed by atoms with Gasteiger partial charge in [0.1, 0.15) is 5.76 Å². The Morgan fingerprint density at radius 3 is 2.75 bits per heavy atom. The molecule has 142 valence electrons. The van der Waals surface area contributed by atoms with E-state index in [1.807, 2.05) is 42.7 Å². The maximum atomic E-state index is 13.5. The molecule has 4 aromatic rings. The van der Waals surface area contributed by atoms with Gasteiger partial charge in [-0.25, -0.2) is 4.98 Å². The number of aryl methyl sites for hydroxylation is 2. The third-order valence-corrected chi connectivity index (χ3v) is 6.54. The van der Waals surface area contributed by atoms with Crippen LogP contribution in [0.4, 0.5) is 5.13 Å². The topological polar surface area (TPSA) is 46.3 Å². The number of amides is 1. The van der Waals surface area contributed by atoms with Gasteiger partial charge in [-0.2, -0.15) is 0 Å². The van der Waals surface area contributed by atoms with E-state index in [-0.39, 0.29) is 5.91 Å². The molecule has 0 saturated carbocycles. The third-order valence-electron chi connectivity index (χ3n) is 4.52. The molecule has 0 atom stereocenters. The van der Waals surface area contributed by atoms with E-state index in [4.69, 9.17) is 9.40 Å². The first-order valence-corrected chi connectivity index (χ1v) is 11.0. The Morgan fingerprint density at radius 2 is 2.00 bits per heavy atom. The van der Waals surface area contributed by atoms with Gasteiger partial charge in [0.2, 0.25) is 0 Å². The molecule has 4 rings (SSSR count).